The van der Waals surface area contributed by atoms with Crippen LogP contribution in [0, 0.1) is 6.92 Å². The molecule has 2 aromatic carbocycles. The molecule has 1 aromatic heterocycles. The van der Waals surface area contributed by atoms with Crippen LogP contribution >= 0.6 is 11.6 Å². The van der Waals surface area contributed by atoms with Crippen LogP contribution in [0.1, 0.15) is 16.8 Å². The lowest BCUT2D eigenvalue weighted by molar-refractivity contribution is 0.452. The van der Waals surface area contributed by atoms with Gasteiger partial charge in [-0.15, -0.1) is 0 Å². The molecule has 0 spiro atoms. The van der Waals surface area contributed by atoms with Gasteiger partial charge < -0.3 is 5.11 Å². The number of fused-ring (bicyclic) bond motifs is 1. The Hall–Kier alpha value is -2.39. The molecule has 4 heteroatoms. The minimum absolute atomic E-state index is 0.0867. The highest BCUT2D eigenvalue weighted by molar-refractivity contribution is 6.32. The van der Waals surface area contributed by atoms with Gasteiger partial charge in [-0.1, -0.05) is 41.9 Å². The Balaban J connectivity index is 2.03. The van der Waals surface area contributed by atoms with Gasteiger partial charge in [-0.3, -0.25) is 0 Å². The average molecular weight is 297 g/mol. The van der Waals surface area contributed by atoms with E-state index in [1.54, 1.807) is 6.08 Å². The van der Waals surface area contributed by atoms with Crippen molar-refractivity contribution in [3.63, 3.8) is 0 Å². The molecular weight excluding hydrogens is 284 g/mol. The summed E-state index contributed by atoms with van der Waals surface area (Å²) in [7, 11) is 0. The quantitative estimate of drug-likeness (QED) is 0.759. The fourth-order valence-electron chi connectivity index (χ4n) is 2.06. The van der Waals surface area contributed by atoms with E-state index in [0.717, 1.165) is 16.6 Å². The van der Waals surface area contributed by atoms with Crippen LogP contribution < -0.4 is 0 Å². The van der Waals surface area contributed by atoms with E-state index in [4.69, 9.17) is 11.6 Å². The summed E-state index contributed by atoms with van der Waals surface area (Å²) in [6, 6.07) is 13.2. The van der Waals surface area contributed by atoms with E-state index in [0.29, 0.717) is 16.2 Å². The number of hydrogen-bond donors (Lipinski definition) is 1. The Morgan fingerprint density at radius 3 is 2.62 bits per heavy atom. The molecule has 21 heavy (non-hydrogen) atoms. The van der Waals surface area contributed by atoms with E-state index < -0.39 is 0 Å². The lowest BCUT2D eigenvalue weighted by Gasteiger charge is -2.03. The molecule has 0 bridgehead atoms. The highest BCUT2D eigenvalue weighted by Gasteiger charge is 2.05. The number of aromatic hydroxyl groups is 1. The van der Waals surface area contributed by atoms with Gasteiger partial charge in [-0.25, -0.2) is 9.97 Å². The van der Waals surface area contributed by atoms with Crippen LogP contribution in [0.2, 0.25) is 5.02 Å². The standard InChI is InChI=1S/C17H13ClN2O/c1-11-6-8-14-16(10-11)20-17(21)15(19-14)9-7-12-4-2-3-5-13(12)18/h2-10H,1H3,(H,20,21)/b9-7+. The normalized spacial score (nSPS) is 11.3. The molecule has 1 N–H and O–H groups in total. The van der Waals surface area contributed by atoms with Gasteiger partial charge in [0, 0.05) is 5.02 Å². The molecule has 104 valence electrons. The van der Waals surface area contributed by atoms with Gasteiger partial charge in [0.1, 0.15) is 5.69 Å². The molecule has 0 radical (unpaired) electrons. The Labute approximate surface area is 127 Å². The third-order valence-electron chi connectivity index (χ3n) is 3.15. The van der Waals surface area contributed by atoms with Gasteiger partial charge in [0.05, 0.1) is 11.0 Å². The zero-order valence-electron chi connectivity index (χ0n) is 11.4. The van der Waals surface area contributed by atoms with Crippen LogP contribution in [0.5, 0.6) is 5.88 Å². The second-order valence-electron chi connectivity index (χ2n) is 4.78. The Bertz CT molecular complexity index is 843. The molecule has 0 saturated carbocycles. The largest absolute Gasteiger partial charge is 0.492 e. The summed E-state index contributed by atoms with van der Waals surface area (Å²) in [4.78, 5) is 8.60. The summed E-state index contributed by atoms with van der Waals surface area (Å²) in [5.74, 6) is -0.0867. The van der Waals surface area contributed by atoms with Crippen molar-refractivity contribution in [1.82, 2.24) is 9.97 Å². The Morgan fingerprint density at radius 1 is 1.00 bits per heavy atom. The number of hydrogen-bond acceptors (Lipinski definition) is 3. The molecule has 0 aliphatic rings. The van der Waals surface area contributed by atoms with E-state index in [2.05, 4.69) is 9.97 Å². The first-order valence-electron chi connectivity index (χ1n) is 6.53. The second-order valence-corrected chi connectivity index (χ2v) is 5.19. The Kier molecular flexibility index (Phi) is 3.59. The molecule has 3 nitrogen and oxygen atoms in total. The number of rotatable bonds is 2. The van der Waals surface area contributed by atoms with Crippen molar-refractivity contribution in [3.05, 3.63) is 64.3 Å². The molecule has 0 saturated heterocycles. The maximum Gasteiger partial charge on any atom is 0.238 e. The zero-order chi connectivity index (χ0) is 14.8. The lowest BCUT2D eigenvalue weighted by Crippen LogP contribution is -1.90. The number of halogens is 1. The van der Waals surface area contributed by atoms with Crippen molar-refractivity contribution < 1.29 is 5.11 Å². The van der Waals surface area contributed by atoms with E-state index in [9.17, 15) is 5.11 Å². The minimum Gasteiger partial charge on any atom is -0.492 e. The second kappa shape index (κ2) is 5.54. The zero-order valence-corrected chi connectivity index (χ0v) is 12.2. The van der Waals surface area contributed by atoms with Crippen molar-refractivity contribution in [2.24, 2.45) is 0 Å². The lowest BCUT2D eigenvalue weighted by atomic mass is 10.2. The molecule has 1 heterocycles. The van der Waals surface area contributed by atoms with E-state index in [-0.39, 0.29) is 5.88 Å². The first-order chi connectivity index (χ1) is 10.1. The molecule has 0 amide bonds. The third kappa shape index (κ3) is 2.88. The van der Waals surface area contributed by atoms with Crippen LogP contribution in [0.25, 0.3) is 23.2 Å². The summed E-state index contributed by atoms with van der Waals surface area (Å²) >= 11 is 6.09. The van der Waals surface area contributed by atoms with Gasteiger partial charge in [-0.2, -0.15) is 0 Å². The summed E-state index contributed by atoms with van der Waals surface area (Å²) in [5, 5.41) is 10.6. The predicted octanol–water partition coefficient (Wildman–Crippen LogP) is 4.47. The van der Waals surface area contributed by atoms with E-state index in [1.165, 1.54) is 0 Å². The first kappa shape index (κ1) is 13.6. The molecule has 0 unspecified atom stereocenters. The van der Waals surface area contributed by atoms with Crippen molar-refractivity contribution in [3.8, 4) is 5.88 Å². The van der Waals surface area contributed by atoms with Gasteiger partial charge in [0.25, 0.3) is 0 Å². The van der Waals surface area contributed by atoms with Crippen LogP contribution in [-0.2, 0) is 0 Å². The summed E-state index contributed by atoms with van der Waals surface area (Å²) in [6.45, 7) is 1.98. The van der Waals surface area contributed by atoms with Gasteiger partial charge in [-0.05, 0) is 42.3 Å². The smallest absolute Gasteiger partial charge is 0.238 e. The highest BCUT2D eigenvalue weighted by Crippen LogP contribution is 2.22. The molecule has 0 aliphatic carbocycles. The molecule has 3 rings (SSSR count). The molecule has 0 atom stereocenters. The molecular formula is C17H13ClN2O. The number of aromatic nitrogens is 2. The SMILES string of the molecule is Cc1ccc2nc(/C=C/c3ccccc3Cl)c(O)nc2c1. The monoisotopic (exact) mass is 296 g/mol. The average Bonchev–Trinajstić information content (AvgIpc) is 2.46. The maximum atomic E-state index is 9.99. The Morgan fingerprint density at radius 2 is 1.81 bits per heavy atom. The maximum absolute atomic E-state index is 9.99. The number of benzene rings is 2. The summed E-state index contributed by atoms with van der Waals surface area (Å²) in [6.07, 6.45) is 3.52. The molecule has 3 aromatic rings. The first-order valence-corrected chi connectivity index (χ1v) is 6.91. The van der Waals surface area contributed by atoms with E-state index >= 15 is 0 Å². The fourth-order valence-corrected chi connectivity index (χ4v) is 2.26. The predicted molar refractivity (Wildman–Crippen MR) is 86.3 cm³/mol. The number of nitrogens with zero attached hydrogens (tertiary/aromatic N) is 2. The van der Waals surface area contributed by atoms with Crippen molar-refractivity contribution in [2.75, 3.05) is 0 Å². The highest BCUT2D eigenvalue weighted by atomic mass is 35.5. The fraction of sp³-hybridized carbons (Fsp3) is 0.0588. The van der Waals surface area contributed by atoms with Crippen LogP contribution in [0.15, 0.2) is 42.5 Å². The van der Waals surface area contributed by atoms with Crippen molar-refractivity contribution >= 4 is 34.8 Å². The number of aryl methyl sites for hydroxylation is 1. The van der Waals surface area contributed by atoms with Gasteiger partial charge in [0.2, 0.25) is 5.88 Å². The van der Waals surface area contributed by atoms with Crippen LogP contribution in [0.4, 0.5) is 0 Å². The van der Waals surface area contributed by atoms with Gasteiger partial charge in [0.15, 0.2) is 0 Å². The van der Waals surface area contributed by atoms with Crippen LogP contribution in [-0.4, -0.2) is 15.1 Å². The summed E-state index contributed by atoms with van der Waals surface area (Å²) in [5.41, 5.74) is 3.80. The van der Waals surface area contributed by atoms with Gasteiger partial charge >= 0.3 is 0 Å². The minimum atomic E-state index is -0.0867. The third-order valence-corrected chi connectivity index (χ3v) is 3.50. The van der Waals surface area contributed by atoms with Crippen molar-refractivity contribution in [1.29, 1.82) is 0 Å². The van der Waals surface area contributed by atoms with Crippen molar-refractivity contribution in [2.45, 2.75) is 6.92 Å². The molecule has 0 fully saturated rings. The van der Waals surface area contributed by atoms with Crippen LogP contribution in [0.3, 0.4) is 0 Å². The topological polar surface area (TPSA) is 46.0 Å². The van der Waals surface area contributed by atoms with E-state index in [1.807, 2.05) is 55.5 Å². The summed E-state index contributed by atoms with van der Waals surface area (Å²) < 4.78 is 0. The molecule has 0 aliphatic heterocycles.